The molecule has 1 aromatic heterocycles. The molecule has 53 heavy (non-hydrogen) atoms. The van der Waals surface area contributed by atoms with Gasteiger partial charge in [-0.2, -0.15) is 10.5 Å². The fraction of sp³-hybridized carbons (Fsp3) is 0.0667. The van der Waals surface area contributed by atoms with Crippen LogP contribution in [0.25, 0.3) is 59.4 Å². The summed E-state index contributed by atoms with van der Waals surface area (Å²) >= 11 is 0. The van der Waals surface area contributed by atoms with E-state index in [9.17, 15) is 20.1 Å². The van der Waals surface area contributed by atoms with Gasteiger partial charge in [0.05, 0.1) is 58.8 Å². The van der Waals surface area contributed by atoms with Crippen LogP contribution in [-0.4, -0.2) is 16.4 Å². The number of aryl methyl sites for hydroxylation is 3. The number of fused-ring (bicyclic) bond motifs is 4. The van der Waals surface area contributed by atoms with E-state index in [-0.39, 0.29) is 5.56 Å². The lowest BCUT2D eigenvalue weighted by Crippen LogP contribution is -2.31. The fourth-order valence-corrected chi connectivity index (χ4v) is 7.82. The average Bonchev–Trinajstić information content (AvgIpc) is 3.64. The molecule has 2 heterocycles. The first-order valence-corrected chi connectivity index (χ1v) is 16.7. The number of anilines is 1. The summed E-state index contributed by atoms with van der Waals surface area (Å²) in [7, 11) is 0. The van der Waals surface area contributed by atoms with Gasteiger partial charge in [0.1, 0.15) is 0 Å². The highest BCUT2D eigenvalue weighted by Crippen LogP contribution is 2.46. The second-order valence-electron chi connectivity index (χ2n) is 13.1. The largest absolute Gasteiger partial charge is 0.308 e. The van der Waals surface area contributed by atoms with Gasteiger partial charge in [0.25, 0.3) is 11.8 Å². The van der Waals surface area contributed by atoms with E-state index in [4.69, 9.17) is 13.1 Å². The monoisotopic (exact) mass is 682 g/mol. The number of benzene rings is 6. The number of amides is 2. The Balaban J connectivity index is 1.49. The Morgan fingerprint density at radius 1 is 0.604 bits per heavy atom. The minimum atomic E-state index is -0.426. The molecule has 2 amide bonds. The van der Waals surface area contributed by atoms with Crippen molar-refractivity contribution in [1.29, 1.82) is 10.5 Å². The molecule has 8 heteroatoms. The van der Waals surface area contributed by atoms with Crippen molar-refractivity contribution in [3.8, 4) is 40.1 Å². The van der Waals surface area contributed by atoms with Gasteiger partial charge in [-0.05, 0) is 115 Å². The minimum Gasteiger partial charge on any atom is -0.308 e. The summed E-state index contributed by atoms with van der Waals surface area (Å²) in [6.45, 7) is 21.2. The maximum atomic E-state index is 14.6. The summed E-state index contributed by atoms with van der Waals surface area (Å²) in [6, 6.07) is 35.2. The van der Waals surface area contributed by atoms with E-state index in [0.717, 1.165) is 38.6 Å². The highest BCUT2D eigenvalue weighted by Gasteiger charge is 2.40. The number of nitriles is 2. The van der Waals surface area contributed by atoms with Gasteiger partial charge < -0.3 is 4.57 Å². The Hall–Kier alpha value is -7.78. The van der Waals surface area contributed by atoms with Gasteiger partial charge in [-0.1, -0.05) is 48.0 Å². The lowest BCUT2D eigenvalue weighted by Gasteiger charge is -2.20. The van der Waals surface area contributed by atoms with Crippen molar-refractivity contribution in [3.05, 3.63) is 165 Å². The standard InChI is InChI=1S/C45H26N6O2/c1-25-15-26(2)43(27(3)16-25)51-44(52)36-11-8-14-39(42(36)45(51)53)50-37-12-6-9-34(30-17-28(23-46)19-32(21-30)48-4)40(37)41-35(10-7-13-38(41)50)31-18-29(24-47)20-33(22-31)49-5/h6-22H,1-3H3. The smallest absolute Gasteiger partial charge is 0.268 e. The molecule has 0 bridgehead atoms. The molecule has 8 rings (SSSR count). The Labute approximate surface area is 305 Å². The second-order valence-corrected chi connectivity index (χ2v) is 13.1. The maximum Gasteiger partial charge on any atom is 0.268 e. The highest BCUT2D eigenvalue weighted by molar-refractivity contribution is 6.36. The predicted molar refractivity (Wildman–Crippen MR) is 205 cm³/mol. The summed E-state index contributed by atoms with van der Waals surface area (Å²) < 4.78 is 1.98. The van der Waals surface area contributed by atoms with Crippen LogP contribution >= 0.6 is 0 Å². The molecule has 0 spiro atoms. The maximum absolute atomic E-state index is 14.6. The first-order chi connectivity index (χ1) is 25.7. The number of hydrogen-bond acceptors (Lipinski definition) is 4. The summed E-state index contributed by atoms with van der Waals surface area (Å²) in [4.78, 5) is 37.3. The van der Waals surface area contributed by atoms with E-state index < -0.39 is 11.8 Å². The van der Waals surface area contributed by atoms with Crippen molar-refractivity contribution >= 4 is 50.7 Å². The van der Waals surface area contributed by atoms with Crippen LogP contribution in [0.4, 0.5) is 17.1 Å². The molecule has 0 saturated heterocycles. The summed E-state index contributed by atoms with van der Waals surface area (Å²) in [5.41, 5.74) is 9.85. The third kappa shape index (κ3) is 4.95. The molecule has 1 aliphatic heterocycles. The molecule has 0 atom stereocenters. The van der Waals surface area contributed by atoms with E-state index in [1.54, 1.807) is 48.5 Å². The number of carbonyl (C=O) groups excluding carboxylic acids is 2. The van der Waals surface area contributed by atoms with Crippen molar-refractivity contribution in [2.45, 2.75) is 20.8 Å². The molecule has 0 aliphatic carbocycles. The molecule has 6 aromatic carbocycles. The minimum absolute atomic E-state index is 0.273. The average molecular weight is 683 g/mol. The van der Waals surface area contributed by atoms with Gasteiger partial charge in [-0.15, -0.1) is 0 Å². The van der Waals surface area contributed by atoms with E-state index >= 15 is 0 Å². The predicted octanol–water partition coefficient (Wildman–Crippen LogP) is 10.7. The quantitative estimate of drug-likeness (QED) is 0.136. The molecule has 0 N–H and O–H groups in total. The third-order valence-corrected chi connectivity index (χ3v) is 9.78. The zero-order valence-electron chi connectivity index (χ0n) is 28.8. The van der Waals surface area contributed by atoms with Gasteiger partial charge in [-0.3, -0.25) is 9.59 Å². The molecule has 0 fully saturated rings. The van der Waals surface area contributed by atoms with Crippen molar-refractivity contribution in [1.82, 2.24) is 4.57 Å². The van der Waals surface area contributed by atoms with Crippen LogP contribution in [0, 0.1) is 56.6 Å². The number of carbonyl (C=O) groups is 2. The fourth-order valence-electron chi connectivity index (χ4n) is 7.82. The topological polar surface area (TPSA) is 98.6 Å². The Bertz CT molecular complexity index is 2760. The molecule has 8 nitrogen and oxygen atoms in total. The van der Waals surface area contributed by atoms with Crippen molar-refractivity contribution < 1.29 is 9.59 Å². The zero-order valence-corrected chi connectivity index (χ0v) is 28.8. The van der Waals surface area contributed by atoms with Crippen LogP contribution in [0.2, 0.25) is 0 Å². The summed E-state index contributed by atoms with van der Waals surface area (Å²) in [6.07, 6.45) is 0. The van der Waals surface area contributed by atoms with Crippen LogP contribution in [-0.2, 0) is 0 Å². The lowest BCUT2D eigenvalue weighted by molar-refractivity contribution is 0.0925. The number of imide groups is 1. The Morgan fingerprint density at radius 3 is 1.58 bits per heavy atom. The first kappa shape index (κ1) is 32.4. The lowest BCUT2D eigenvalue weighted by atomic mass is 9.93. The van der Waals surface area contributed by atoms with Crippen molar-refractivity contribution in [2.75, 3.05) is 4.90 Å². The van der Waals surface area contributed by atoms with E-state index in [1.165, 1.54) is 4.90 Å². The second kappa shape index (κ2) is 12.2. The Kier molecular flexibility index (Phi) is 7.48. The van der Waals surface area contributed by atoms with E-state index in [0.29, 0.717) is 61.6 Å². The number of rotatable bonds is 4. The molecule has 0 unspecified atom stereocenters. The molecule has 7 aromatic rings. The van der Waals surface area contributed by atoms with Crippen LogP contribution in [0.5, 0.6) is 0 Å². The van der Waals surface area contributed by atoms with Crippen LogP contribution in [0.15, 0.2) is 103 Å². The molecule has 0 saturated carbocycles. The summed E-state index contributed by atoms with van der Waals surface area (Å²) in [5.74, 6) is -0.825. The molecular weight excluding hydrogens is 657 g/mol. The zero-order chi connectivity index (χ0) is 37.1. The highest BCUT2D eigenvalue weighted by atomic mass is 16.2. The van der Waals surface area contributed by atoms with Gasteiger partial charge in [0, 0.05) is 21.9 Å². The number of nitrogens with zero attached hydrogens (tertiary/aromatic N) is 6. The SMILES string of the molecule is [C-]#[N+]c1cc(C#N)cc(-c2cccc3c2c2c(-c4cc(C#N)cc([N+]#[C-])c4)cccc2n3-c2cccc3c2C(=O)N(c2c(C)cc(C)cc2C)C3=O)c1. The Morgan fingerprint density at radius 2 is 1.09 bits per heavy atom. The summed E-state index contributed by atoms with van der Waals surface area (Å²) in [5, 5.41) is 21.3. The first-order valence-electron chi connectivity index (χ1n) is 16.7. The molecular formula is C45H26N6O2. The van der Waals surface area contributed by atoms with Crippen LogP contribution < -0.4 is 4.90 Å². The molecule has 1 aliphatic rings. The normalized spacial score (nSPS) is 12.0. The van der Waals surface area contributed by atoms with Crippen LogP contribution in [0.3, 0.4) is 0 Å². The van der Waals surface area contributed by atoms with E-state index in [2.05, 4.69) is 21.8 Å². The third-order valence-electron chi connectivity index (χ3n) is 9.78. The van der Waals surface area contributed by atoms with Gasteiger partial charge in [-0.25, -0.2) is 14.6 Å². The van der Waals surface area contributed by atoms with Gasteiger partial charge in [0.2, 0.25) is 0 Å². The van der Waals surface area contributed by atoms with Crippen molar-refractivity contribution in [2.24, 2.45) is 0 Å². The number of aromatic nitrogens is 1. The van der Waals surface area contributed by atoms with Crippen molar-refractivity contribution in [3.63, 3.8) is 0 Å². The van der Waals surface area contributed by atoms with Gasteiger partial charge >= 0.3 is 0 Å². The molecule has 0 radical (unpaired) electrons. The van der Waals surface area contributed by atoms with E-state index in [1.807, 2.05) is 79.9 Å². The number of hydrogen-bond donors (Lipinski definition) is 0. The van der Waals surface area contributed by atoms with Crippen LogP contribution in [0.1, 0.15) is 48.5 Å². The molecule has 248 valence electrons. The van der Waals surface area contributed by atoms with Gasteiger partial charge in [0.15, 0.2) is 11.4 Å².